The molecule has 1 atom stereocenters. The molecule has 3 aromatic rings. The van der Waals surface area contributed by atoms with Crippen molar-refractivity contribution in [2.75, 3.05) is 6.54 Å². The molecule has 7 nitrogen and oxygen atoms in total. The Kier molecular flexibility index (Phi) is 6.68. The molecule has 0 aliphatic carbocycles. The zero-order chi connectivity index (χ0) is 24.6. The van der Waals surface area contributed by atoms with Crippen molar-refractivity contribution >= 4 is 40.3 Å². The summed E-state index contributed by atoms with van der Waals surface area (Å²) in [5.74, 6) is -8.40. The number of aromatic hydroxyl groups is 1. The second-order valence-corrected chi connectivity index (χ2v) is 7.88. The highest BCUT2D eigenvalue weighted by Gasteiger charge is 2.27. The summed E-state index contributed by atoms with van der Waals surface area (Å²) in [6.45, 7) is 2.56. The van der Waals surface area contributed by atoms with E-state index in [1.54, 1.807) is 0 Å². The molecule has 0 bridgehead atoms. The fraction of sp³-hybridized carbons (Fsp3) is 0.227. The van der Waals surface area contributed by atoms with Crippen LogP contribution >= 0.6 is 11.6 Å². The van der Waals surface area contributed by atoms with Crippen molar-refractivity contribution in [3.63, 3.8) is 0 Å². The van der Waals surface area contributed by atoms with Gasteiger partial charge in [-0.3, -0.25) is 19.0 Å². The molecule has 1 aromatic heterocycles. The monoisotopic (exact) mass is 482 g/mol. The van der Waals surface area contributed by atoms with Gasteiger partial charge >= 0.3 is 5.97 Å². The molecular formula is C22H18ClF3N2O5. The van der Waals surface area contributed by atoms with Gasteiger partial charge in [0.2, 0.25) is 5.91 Å². The van der Waals surface area contributed by atoms with E-state index >= 15 is 0 Å². The summed E-state index contributed by atoms with van der Waals surface area (Å²) in [5, 5.41) is 20.5. The van der Waals surface area contributed by atoms with Crippen LogP contribution in [0.5, 0.6) is 5.75 Å². The predicted molar refractivity (Wildman–Crippen MR) is 113 cm³/mol. The van der Waals surface area contributed by atoms with Crippen molar-refractivity contribution in [1.82, 2.24) is 9.88 Å². The number of halogens is 4. The lowest BCUT2D eigenvalue weighted by atomic mass is 10.1. The first-order valence-electron chi connectivity index (χ1n) is 9.64. The molecule has 0 saturated heterocycles. The van der Waals surface area contributed by atoms with Crippen molar-refractivity contribution in [3.05, 3.63) is 63.6 Å². The summed E-state index contributed by atoms with van der Waals surface area (Å²) in [6.07, 6.45) is -0.494. The number of phenolic OH excluding ortho intramolecular Hbond substituents is 1. The summed E-state index contributed by atoms with van der Waals surface area (Å²) in [7, 11) is 0. The maximum atomic E-state index is 14.9. The Hall–Kier alpha value is -3.53. The molecule has 11 heteroatoms. The summed E-state index contributed by atoms with van der Waals surface area (Å²) in [4.78, 5) is 36.5. The fourth-order valence-corrected chi connectivity index (χ4v) is 3.49. The number of rotatable bonds is 6. The van der Waals surface area contributed by atoms with Crippen LogP contribution in [-0.2, 0) is 16.0 Å². The average molecular weight is 483 g/mol. The van der Waals surface area contributed by atoms with Crippen LogP contribution in [0, 0.1) is 30.3 Å². The van der Waals surface area contributed by atoms with Gasteiger partial charge < -0.3 is 15.5 Å². The molecule has 3 N–H and O–H groups in total. The van der Waals surface area contributed by atoms with Crippen molar-refractivity contribution < 1.29 is 37.8 Å². The highest BCUT2D eigenvalue weighted by molar-refractivity contribution is 6.30. The molecule has 33 heavy (non-hydrogen) atoms. The molecule has 1 heterocycles. The van der Waals surface area contributed by atoms with E-state index in [9.17, 15) is 32.7 Å². The fourth-order valence-electron chi connectivity index (χ4n) is 3.37. The Morgan fingerprint density at radius 2 is 1.82 bits per heavy atom. The number of fused-ring (bicyclic) bond motifs is 1. The summed E-state index contributed by atoms with van der Waals surface area (Å²) in [5.41, 5.74) is -0.420. The Morgan fingerprint density at radius 3 is 2.42 bits per heavy atom. The summed E-state index contributed by atoms with van der Waals surface area (Å²) >= 11 is 5.65. The van der Waals surface area contributed by atoms with Gasteiger partial charge in [-0.05, 0) is 30.7 Å². The van der Waals surface area contributed by atoms with Crippen molar-refractivity contribution in [2.24, 2.45) is 5.92 Å². The normalized spacial score (nSPS) is 12.1. The number of aromatic nitrogens is 1. The van der Waals surface area contributed by atoms with Crippen LogP contribution in [0.25, 0.3) is 10.9 Å². The van der Waals surface area contributed by atoms with E-state index in [-0.39, 0.29) is 39.3 Å². The average Bonchev–Trinajstić information content (AvgIpc) is 3.02. The van der Waals surface area contributed by atoms with Crippen LogP contribution in [0.15, 0.2) is 24.3 Å². The topological polar surface area (TPSA) is 109 Å². The number of hydrogen-bond acceptors (Lipinski definition) is 4. The maximum Gasteiger partial charge on any atom is 0.308 e. The van der Waals surface area contributed by atoms with Gasteiger partial charge in [0.15, 0.2) is 17.4 Å². The lowest BCUT2D eigenvalue weighted by Gasteiger charge is -2.10. The third-order valence-electron chi connectivity index (χ3n) is 5.22. The molecule has 0 saturated carbocycles. The quantitative estimate of drug-likeness (QED) is 0.495. The van der Waals surface area contributed by atoms with Gasteiger partial charge in [-0.1, -0.05) is 18.5 Å². The number of carboxylic acid groups (broad SMARTS) is 1. The molecule has 0 fully saturated rings. The molecule has 174 valence electrons. The number of carbonyl (C=O) groups excluding carboxylic acids is 2. The molecule has 1 unspecified atom stereocenters. The smallest absolute Gasteiger partial charge is 0.308 e. The number of aliphatic carboxylic acids is 1. The van der Waals surface area contributed by atoms with Gasteiger partial charge in [-0.2, -0.15) is 0 Å². The number of amides is 1. The lowest BCUT2D eigenvalue weighted by molar-refractivity contribution is -0.141. The molecule has 0 radical (unpaired) electrons. The van der Waals surface area contributed by atoms with Gasteiger partial charge in [-0.25, -0.2) is 13.2 Å². The van der Waals surface area contributed by atoms with Crippen LogP contribution in [0.4, 0.5) is 13.2 Å². The van der Waals surface area contributed by atoms with E-state index in [0.717, 1.165) is 22.8 Å². The Morgan fingerprint density at radius 1 is 1.15 bits per heavy atom. The van der Waals surface area contributed by atoms with Crippen LogP contribution in [0.1, 0.15) is 28.5 Å². The third kappa shape index (κ3) is 4.51. The van der Waals surface area contributed by atoms with E-state index in [1.165, 1.54) is 19.9 Å². The van der Waals surface area contributed by atoms with Gasteiger partial charge in [0.25, 0.3) is 5.91 Å². The highest BCUT2D eigenvalue weighted by Crippen LogP contribution is 2.35. The summed E-state index contributed by atoms with van der Waals surface area (Å²) < 4.78 is 43.8. The number of benzene rings is 2. The van der Waals surface area contributed by atoms with Crippen LogP contribution in [0.2, 0.25) is 5.02 Å². The Bertz CT molecular complexity index is 1310. The van der Waals surface area contributed by atoms with Crippen molar-refractivity contribution in [2.45, 2.75) is 20.3 Å². The van der Waals surface area contributed by atoms with Crippen LogP contribution in [0.3, 0.4) is 0 Å². The molecular weight excluding hydrogens is 465 g/mol. The van der Waals surface area contributed by atoms with E-state index in [1.807, 2.05) is 0 Å². The molecule has 3 rings (SSSR count). The van der Waals surface area contributed by atoms with E-state index < -0.39 is 53.3 Å². The molecule has 1 amide bonds. The standard InChI is InChI=1S/C22H18ClF3N2O5/c1-9(22(32)33)8-27-17(29)6-12-10(2)28(16-7-15(25)20(30)19(26)18(12)16)21(31)11-3-4-13(23)14(24)5-11/h3-5,7,9,30H,6,8H2,1-2H3,(H,27,29)(H,32,33). The largest absolute Gasteiger partial charge is 0.503 e. The Labute approximate surface area is 190 Å². The van der Waals surface area contributed by atoms with E-state index in [4.69, 9.17) is 16.7 Å². The predicted octanol–water partition coefficient (Wildman–Crippen LogP) is 3.79. The van der Waals surface area contributed by atoms with E-state index in [0.29, 0.717) is 0 Å². The second-order valence-electron chi connectivity index (χ2n) is 7.47. The van der Waals surface area contributed by atoms with Gasteiger partial charge in [-0.15, -0.1) is 0 Å². The number of nitrogens with zero attached hydrogens (tertiary/aromatic N) is 1. The van der Waals surface area contributed by atoms with Crippen LogP contribution < -0.4 is 5.32 Å². The lowest BCUT2D eigenvalue weighted by Crippen LogP contribution is -2.32. The minimum absolute atomic E-state index is 0.0268. The summed E-state index contributed by atoms with van der Waals surface area (Å²) in [6, 6.07) is 3.98. The Balaban J connectivity index is 2.12. The number of carbonyl (C=O) groups is 3. The number of hydrogen-bond donors (Lipinski definition) is 3. The molecule has 0 aliphatic rings. The SMILES string of the molecule is Cc1c(CC(=O)NCC(C)C(=O)O)c2c(F)c(O)c(F)cc2n1C(=O)c1ccc(Cl)c(F)c1. The third-order valence-corrected chi connectivity index (χ3v) is 5.53. The minimum Gasteiger partial charge on any atom is -0.503 e. The second kappa shape index (κ2) is 9.14. The molecule has 0 aliphatic heterocycles. The highest BCUT2D eigenvalue weighted by atomic mass is 35.5. The van der Waals surface area contributed by atoms with Crippen LogP contribution in [-0.4, -0.2) is 39.1 Å². The van der Waals surface area contributed by atoms with Gasteiger partial charge in [0.05, 0.1) is 22.9 Å². The van der Waals surface area contributed by atoms with Crippen molar-refractivity contribution in [1.29, 1.82) is 0 Å². The van der Waals surface area contributed by atoms with Gasteiger partial charge in [0.1, 0.15) is 5.82 Å². The first-order chi connectivity index (χ1) is 15.4. The minimum atomic E-state index is -1.37. The molecule has 2 aromatic carbocycles. The zero-order valence-corrected chi connectivity index (χ0v) is 18.1. The maximum absolute atomic E-state index is 14.9. The number of nitrogens with one attached hydrogen (secondary N) is 1. The molecule has 0 spiro atoms. The zero-order valence-electron chi connectivity index (χ0n) is 17.4. The van der Waals surface area contributed by atoms with Gasteiger partial charge in [0, 0.05) is 29.3 Å². The first-order valence-corrected chi connectivity index (χ1v) is 10.0. The first kappa shape index (κ1) is 24.1. The number of carboxylic acids is 1. The number of phenols is 1. The van der Waals surface area contributed by atoms with E-state index in [2.05, 4.69) is 5.32 Å². The van der Waals surface area contributed by atoms with Crippen molar-refractivity contribution in [3.8, 4) is 5.75 Å².